The van der Waals surface area contributed by atoms with E-state index in [1.54, 1.807) is 6.20 Å². The summed E-state index contributed by atoms with van der Waals surface area (Å²) in [6, 6.07) is 20.4. The molecule has 0 bridgehead atoms. The van der Waals surface area contributed by atoms with Gasteiger partial charge in [-0.1, -0.05) is 30.3 Å². The SMILES string of the molecule is CN(C)c1cccc(-c2cc(Nc3ccncn3)c3ccccc3n2)c1. The molecule has 0 saturated carbocycles. The van der Waals surface area contributed by atoms with Crippen LogP contribution < -0.4 is 10.2 Å². The number of hydrogen-bond donors (Lipinski definition) is 1. The molecule has 0 saturated heterocycles. The van der Waals surface area contributed by atoms with E-state index in [0.29, 0.717) is 0 Å². The monoisotopic (exact) mass is 341 g/mol. The van der Waals surface area contributed by atoms with Crippen molar-refractivity contribution in [3.05, 3.63) is 73.2 Å². The van der Waals surface area contributed by atoms with Gasteiger partial charge in [0.2, 0.25) is 0 Å². The van der Waals surface area contributed by atoms with Gasteiger partial charge in [0.05, 0.1) is 16.9 Å². The molecule has 0 spiro atoms. The van der Waals surface area contributed by atoms with E-state index in [1.165, 1.54) is 6.33 Å². The largest absolute Gasteiger partial charge is 0.378 e. The van der Waals surface area contributed by atoms with Crippen LogP contribution in [0.25, 0.3) is 22.2 Å². The van der Waals surface area contributed by atoms with E-state index in [4.69, 9.17) is 4.98 Å². The van der Waals surface area contributed by atoms with E-state index in [0.717, 1.165) is 39.4 Å². The molecule has 5 nitrogen and oxygen atoms in total. The van der Waals surface area contributed by atoms with E-state index >= 15 is 0 Å². The Bertz CT molecular complexity index is 1040. The van der Waals surface area contributed by atoms with Gasteiger partial charge in [0.15, 0.2) is 0 Å². The van der Waals surface area contributed by atoms with Gasteiger partial charge in [0, 0.05) is 36.9 Å². The zero-order valence-electron chi connectivity index (χ0n) is 14.7. The molecule has 0 radical (unpaired) electrons. The number of nitrogens with zero attached hydrogens (tertiary/aromatic N) is 4. The van der Waals surface area contributed by atoms with Gasteiger partial charge in [-0.2, -0.15) is 0 Å². The number of rotatable bonds is 4. The van der Waals surface area contributed by atoms with Gasteiger partial charge < -0.3 is 10.2 Å². The van der Waals surface area contributed by atoms with E-state index in [-0.39, 0.29) is 0 Å². The lowest BCUT2D eigenvalue weighted by Crippen LogP contribution is -2.08. The fourth-order valence-electron chi connectivity index (χ4n) is 2.87. The number of fused-ring (bicyclic) bond motifs is 1. The molecule has 4 rings (SSSR count). The minimum absolute atomic E-state index is 0.754. The Kier molecular flexibility index (Phi) is 4.19. The standard InChI is InChI=1S/C21H19N5/c1-26(2)16-7-5-6-15(12-16)19-13-20(25-21-10-11-22-14-23-21)17-8-3-4-9-18(17)24-19/h3-14H,1-2H3,(H,22,23,24,25). The van der Waals surface area contributed by atoms with Gasteiger partial charge in [-0.3, -0.25) is 0 Å². The van der Waals surface area contributed by atoms with E-state index in [1.807, 2.05) is 38.4 Å². The lowest BCUT2D eigenvalue weighted by atomic mass is 10.1. The van der Waals surface area contributed by atoms with Crippen molar-refractivity contribution in [2.45, 2.75) is 0 Å². The number of hydrogen-bond acceptors (Lipinski definition) is 5. The molecular formula is C21H19N5. The third-order valence-electron chi connectivity index (χ3n) is 4.22. The molecule has 26 heavy (non-hydrogen) atoms. The van der Waals surface area contributed by atoms with Crippen LogP contribution in [0.3, 0.4) is 0 Å². The average molecular weight is 341 g/mol. The van der Waals surface area contributed by atoms with Crippen molar-refractivity contribution < 1.29 is 0 Å². The first-order valence-corrected chi connectivity index (χ1v) is 8.41. The number of benzene rings is 2. The Balaban J connectivity index is 1.85. The van der Waals surface area contributed by atoms with E-state index in [2.05, 4.69) is 56.6 Å². The van der Waals surface area contributed by atoms with Crippen LogP contribution >= 0.6 is 0 Å². The zero-order valence-corrected chi connectivity index (χ0v) is 14.7. The molecule has 0 amide bonds. The highest BCUT2D eigenvalue weighted by molar-refractivity contribution is 5.95. The van der Waals surface area contributed by atoms with Crippen molar-refractivity contribution in [1.82, 2.24) is 15.0 Å². The molecule has 0 aliphatic carbocycles. The molecule has 0 fully saturated rings. The second-order valence-corrected chi connectivity index (χ2v) is 6.24. The minimum Gasteiger partial charge on any atom is -0.378 e. The lowest BCUT2D eigenvalue weighted by molar-refractivity contribution is 1.13. The van der Waals surface area contributed by atoms with Crippen molar-refractivity contribution in [3.63, 3.8) is 0 Å². The van der Waals surface area contributed by atoms with Crippen LogP contribution in [-0.4, -0.2) is 29.0 Å². The minimum atomic E-state index is 0.754. The highest BCUT2D eigenvalue weighted by Crippen LogP contribution is 2.31. The van der Waals surface area contributed by atoms with Gasteiger partial charge in [0.25, 0.3) is 0 Å². The number of pyridine rings is 1. The third kappa shape index (κ3) is 3.19. The molecule has 0 unspecified atom stereocenters. The highest BCUT2D eigenvalue weighted by atomic mass is 15.1. The predicted octanol–water partition coefficient (Wildman–Crippen LogP) is 4.50. The molecule has 5 heteroatoms. The molecule has 1 N–H and O–H groups in total. The van der Waals surface area contributed by atoms with E-state index < -0.39 is 0 Å². The molecule has 2 heterocycles. The van der Waals surface area contributed by atoms with Gasteiger partial charge in [-0.15, -0.1) is 0 Å². The van der Waals surface area contributed by atoms with Gasteiger partial charge in [-0.25, -0.2) is 15.0 Å². The molecule has 128 valence electrons. The van der Waals surface area contributed by atoms with Crippen molar-refractivity contribution in [3.8, 4) is 11.3 Å². The second kappa shape index (κ2) is 6.80. The topological polar surface area (TPSA) is 53.9 Å². The first kappa shape index (κ1) is 16.0. The Morgan fingerprint density at radius 2 is 1.81 bits per heavy atom. The van der Waals surface area contributed by atoms with Gasteiger partial charge >= 0.3 is 0 Å². The van der Waals surface area contributed by atoms with Crippen LogP contribution in [0.1, 0.15) is 0 Å². The summed E-state index contributed by atoms with van der Waals surface area (Å²) in [6.45, 7) is 0. The molecule has 0 aliphatic rings. The lowest BCUT2D eigenvalue weighted by Gasteiger charge is -2.15. The van der Waals surface area contributed by atoms with Crippen molar-refractivity contribution in [2.24, 2.45) is 0 Å². The average Bonchev–Trinajstić information content (AvgIpc) is 2.69. The normalized spacial score (nSPS) is 10.7. The third-order valence-corrected chi connectivity index (χ3v) is 4.22. The van der Waals surface area contributed by atoms with Crippen molar-refractivity contribution in [2.75, 3.05) is 24.3 Å². The summed E-state index contributed by atoms with van der Waals surface area (Å²) in [5.41, 5.74) is 5.05. The van der Waals surface area contributed by atoms with Crippen LogP contribution in [-0.2, 0) is 0 Å². The van der Waals surface area contributed by atoms with Crippen LogP contribution in [0.2, 0.25) is 0 Å². The van der Waals surface area contributed by atoms with Gasteiger partial charge in [0.1, 0.15) is 12.1 Å². The number of anilines is 3. The van der Waals surface area contributed by atoms with Gasteiger partial charge in [-0.05, 0) is 30.3 Å². The Hall–Kier alpha value is -3.47. The molecular weight excluding hydrogens is 322 g/mol. The maximum absolute atomic E-state index is 4.86. The van der Waals surface area contributed by atoms with Crippen LogP contribution in [0.15, 0.2) is 73.2 Å². The summed E-state index contributed by atoms with van der Waals surface area (Å²) in [4.78, 5) is 15.2. The van der Waals surface area contributed by atoms with E-state index in [9.17, 15) is 0 Å². The van der Waals surface area contributed by atoms with Crippen LogP contribution in [0.4, 0.5) is 17.2 Å². The van der Waals surface area contributed by atoms with Crippen LogP contribution in [0.5, 0.6) is 0 Å². The molecule has 0 atom stereocenters. The highest BCUT2D eigenvalue weighted by Gasteiger charge is 2.09. The zero-order chi connectivity index (χ0) is 17.9. The smallest absolute Gasteiger partial charge is 0.133 e. The molecule has 4 aromatic rings. The van der Waals surface area contributed by atoms with Crippen LogP contribution in [0, 0.1) is 0 Å². The molecule has 2 aromatic carbocycles. The fraction of sp³-hybridized carbons (Fsp3) is 0.0952. The summed E-state index contributed by atoms with van der Waals surface area (Å²) in [5.74, 6) is 0.754. The molecule has 0 aliphatic heterocycles. The first-order chi connectivity index (χ1) is 12.7. The maximum Gasteiger partial charge on any atom is 0.133 e. The first-order valence-electron chi connectivity index (χ1n) is 8.41. The number of aromatic nitrogens is 3. The molecule has 2 aromatic heterocycles. The summed E-state index contributed by atoms with van der Waals surface area (Å²) in [6.07, 6.45) is 3.26. The fourth-order valence-corrected chi connectivity index (χ4v) is 2.87. The quantitative estimate of drug-likeness (QED) is 0.592. The summed E-state index contributed by atoms with van der Waals surface area (Å²) in [5, 5.41) is 4.45. The maximum atomic E-state index is 4.86. The summed E-state index contributed by atoms with van der Waals surface area (Å²) < 4.78 is 0. The Labute approximate surface area is 152 Å². The Morgan fingerprint density at radius 1 is 0.923 bits per heavy atom. The number of para-hydroxylation sites is 1. The summed E-state index contributed by atoms with van der Waals surface area (Å²) in [7, 11) is 4.07. The second-order valence-electron chi connectivity index (χ2n) is 6.24. The summed E-state index contributed by atoms with van der Waals surface area (Å²) >= 11 is 0. The van der Waals surface area contributed by atoms with Crippen molar-refractivity contribution >= 4 is 28.1 Å². The van der Waals surface area contributed by atoms with Crippen molar-refractivity contribution in [1.29, 1.82) is 0 Å². The Morgan fingerprint density at radius 3 is 2.62 bits per heavy atom. The predicted molar refractivity (Wildman–Crippen MR) is 107 cm³/mol. The number of nitrogens with one attached hydrogen (secondary N) is 1.